The lowest BCUT2D eigenvalue weighted by Crippen LogP contribution is -2.51. The third-order valence-corrected chi connectivity index (χ3v) is 6.35. The molecular weight excluding hydrogens is 426 g/mol. The second-order valence-electron chi connectivity index (χ2n) is 8.92. The molecular formula is C24H31N3O6. The van der Waals surface area contributed by atoms with Crippen LogP contribution in [0.2, 0.25) is 0 Å². The molecule has 0 atom stereocenters. The van der Waals surface area contributed by atoms with E-state index in [2.05, 4.69) is 15.6 Å². The van der Waals surface area contributed by atoms with Gasteiger partial charge in [0.1, 0.15) is 5.69 Å². The van der Waals surface area contributed by atoms with Crippen LogP contribution in [0.15, 0.2) is 42.5 Å². The molecule has 9 heteroatoms. The molecule has 2 aliphatic rings. The van der Waals surface area contributed by atoms with Crippen LogP contribution in [0.5, 0.6) is 11.5 Å². The van der Waals surface area contributed by atoms with E-state index in [9.17, 15) is 19.8 Å². The number of nitrogens with one attached hydrogen (secondary N) is 3. The van der Waals surface area contributed by atoms with Crippen LogP contribution in [0.3, 0.4) is 0 Å². The van der Waals surface area contributed by atoms with Crippen molar-refractivity contribution < 1.29 is 33.6 Å². The molecule has 0 unspecified atom stereocenters. The van der Waals surface area contributed by atoms with E-state index in [1.807, 2.05) is 18.2 Å². The van der Waals surface area contributed by atoms with E-state index in [1.54, 1.807) is 31.2 Å². The number of H-pyrrole nitrogens is 1. The number of carbonyl (C=O) groups is 2. The molecule has 1 aliphatic carbocycles. The van der Waals surface area contributed by atoms with Gasteiger partial charge in [-0.15, -0.1) is 0 Å². The van der Waals surface area contributed by atoms with Crippen molar-refractivity contribution in [2.24, 2.45) is 0 Å². The molecule has 33 heavy (non-hydrogen) atoms. The largest absolute Gasteiger partial charge is 0.454 e. The molecule has 2 amide bonds. The summed E-state index contributed by atoms with van der Waals surface area (Å²) in [6.45, 7) is 0.955. The number of aliphatic hydroxyl groups excluding tert-OH is 2. The number of aliphatic hydroxyl groups is 2. The van der Waals surface area contributed by atoms with Crippen molar-refractivity contribution in [2.75, 3.05) is 25.3 Å². The Balaban J connectivity index is 0.00000152. The van der Waals surface area contributed by atoms with Crippen LogP contribution < -0.4 is 20.1 Å². The number of hydrogen-bond donors (Lipinski definition) is 5. The van der Waals surface area contributed by atoms with Crippen LogP contribution in [0.4, 0.5) is 5.69 Å². The van der Waals surface area contributed by atoms with Crippen LogP contribution in [-0.2, 0) is 10.2 Å². The van der Waals surface area contributed by atoms with E-state index in [0.29, 0.717) is 22.9 Å². The summed E-state index contributed by atoms with van der Waals surface area (Å²) in [6, 6.07) is 12.7. The van der Waals surface area contributed by atoms with Crippen molar-refractivity contribution in [3.05, 3.63) is 53.7 Å². The third-order valence-electron chi connectivity index (χ3n) is 6.35. The fourth-order valence-electron chi connectivity index (χ4n) is 4.02. The van der Waals surface area contributed by atoms with Gasteiger partial charge in [-0.25, -0.2) is 0 Å². The highest BCUT2D eigenvalue weighted by molar-refractivity contribution is 6.03. The van der Waals surface area contributed by atoms with Gasteiger partial charge in [-0.2, -0.15) is 0 Å². The maximum Gasteiger partial charge on any atom is 0.268 e. The van der Waals surface area contributed by atoms with Crippen LogP contribution in [0.25, 0.3) is 10.9 Å². The van der Waals surface area contributed by atoms with Gasteiger partial charge in [-0.05, 0) is 61.7 Å². The number of hydrogen-bond acceptors (Lipinski definition) is 6. The number of ether oxygens (including phenoxy) is 2. The average molecular weight is 458 g/mol. The number of amides is 2. The number of rotatable bonds is 7. The maximum atomic E-state index is 13.2. The molecule has 3 aromatic rings. The molecule has 2 heterocycles. The van der Waals surface area contributed by atoms with Crippen molar-refractivity contribution in [3.63, 3.8) is 0 Å². The molecule has 0 bridgehead atoms. The van der Waals surface area contributed by atoms with E-state index in [-0.39, 0.29) is 17.0 Å². The molecule has 1 fully saturated rings. The first kappa shape index (κ1) is 21.3. The molecule has 0 spiro atoms. The standard InChI is InChI=1S/C24H25N3O6.3H2/c1-23(11-28,12-29)27-21(30)18-9-14-8-16(3-4-17(14)26-18)25-22(31)24(6-7-24)15-2-5-19-20(10-15)33-13-32-19;;;/h2-5,8-10,26,28-29H,6-7,11-13H2,1H3,(H,25,31)(H,27,30);3*1H. The minimum Gasteiger partial charge on any atom is -0.454 e. The Kier molecular flexibility index (Phi) is 5.02. The summed E-state index contributed by atoms with van der Waals surface area (Å²) in [5.74, 6) is 0.814. The predicted octanol–water partition coefficient (Wildman–Crippen LogP) is 2.78. The number of aromatic nitrogens is 1. The summed E-state index contributed by atoms with van der Waals surface area (Å²) >= 11 is 0. The Morgan fingerprint density at radius 1 is 1.09 bits per heavy atom. The van der Waals surface area contributed by atoms with E-state index >= 15 is 0 Å². The Morgan fingerprint density at radius 3 is 2.58 bits per heavy atom. The van der Waals surface area contributed by atoms with Crippen molar-refractivity contribution >= 4 is 28.4 Å². The van der Waals surface area contributed by atoms with E-state index < -0.39 is 30.1 Å². The molecule has 5 rings (SSSR count). The summed E-state index contributed by atoms with van der Waals surface area (Å²) < 4.78 is 10.8. The highest BCUT2D eigenvalue weighted by Crippen LogP contribution is 2.51. The Labute approximate surface area is 194 Å². The van der Waals surface area contributed by atoms with E-state index in [0.717, 1.165) is 29.3 Å². The Bertz CT molecular complexity index is 1260. The molecule has 1 saturated carbocycles. The molecule has 0 radical (unpaired) electrons. The number of benzene rings is 2. The number of fused-ring (bicyclic) bond motifs is 2. The number of carbonyl (C=O) groups excluding carboxylic acids is 2. The molecule has 1 aliphatic heterocycles. The minimum atomic E-state index is -1.12. The second-order valence-corrected chi connectivity index (χ2v) is 8.92. The minimum absolute atomic E-state index is 0. The van der Waals surface area contributed by atoms with Gasteiger partial charge in [0.2, 0.25) is 12.7 Å². The molecule has 2 aromatic carbocycles. The van der Waals surface area contributed by atoms with Crippen LogP contribution in [0.1, 0.15) is 40.1 Å². The van der Waals surface area contributed by atoms with E-state index in [1.165, 1.54) is 0 Å². The first-order chi connectivity index (χ1) is 15.9. The smallest absolute Gasteiger partial charge is 0.268 e. The Hall–Kier alpha value is -3.56. The lowest BCUT2D eigenvalue weighted by Gasteiger charge is -2.25. The summed E-state index contributed by atoms with van der Waals surface area (Å²) in [7, 11) is 0. The van der Waals surface area contributed by atoms with E-state index in [4.69, 9.17) is 9.47 Å². The second kappa shape index (κ2) is 7.79. The van der Waals surface area contributed by atoms with Crippen molar-refractivity contribution in [3.8, 4) is 11.5 Å². The monoisotopic (exact) mass is 457 g/mol. The van der Waals surface area contributed by atoms with Crippen molar-refractivity contribution in [1.29, 1.82) is 0 Å². The van der Waals surface area contributed by atoms with Gasteiger partial charge in [0.15, 0.2) is 11.5 Å². The summed E-state index contributed by atoms with van der Waals surface area (Å²) in [5.41, 5.74) is 0.840. The normalized spacial score (nSPS) is 16.0. The zero-order chi connectivity index (χ0) is 23.2. The van der Waals surface area contributed by atoms with Gasteiger partial charge in [0.05, 0.1) is 24.2 Å². The van der Waals surface area contributed by atoms with Crippen LogP contribution in [0, 0.1) is 0 Å². The molecule has 0 saturated heterocycles. The van der Waals surface area contributed by atoms with Gasteiger partial charge >= 0.3 is 0 Å². The lowest BCUT2D eigenvalue weighted by molar-refractivity contribution is -0.118. The van der Waals surface area contributed by atoms with Crippen LogP contribution >= 0.6 is 0 Å². The fraction of sp³-hybridized carbons (Fsp3) is 0.333. The van der Waals surface area contributed by atoms with Gasteiger partial charge in [0.25, 0.3) is 5.91 Å². The van der Waals surface area contributed by atoms with Gasteiger partial charge in [-0.3, -0.25) is 9.59 Å². The lowest BCUT2D eigenvalue weighted by atomic mass is 9.94. The van der Waals surface area contributed by atoms with Crippen molar-refractivity contribution in [2.45, 2.75) is 30.7 Å². The van der Waals surface area contributed by atoms with Gasteiger partial charge in [0, 0.05) is 20.9 Å². The highest BCUT2D eigenvalue weighted by Gasteiger charge is 2.51. The molecule has 1 aromatic heterocycles. The third kappa shape index (κ3) is 3.79. The summed E-state index contributed by atoms with van der Waals surface area (Å²) in [6.07, 6.45) is 1.51. The van der Waals surface area contributed by atoms with Crippen molar-refractivity contribution in [1.82, 2.24) is 10.3 Å². The molecule has 5 N–H and O–H groups in total. The predicted molar refractivity (Wildman–Crippen MR) is 127 cm³/mol. The summed E-state index contributed by atoms with van der Waals surface area (Å²) in [5, 5.41) is 25.2. The Morgan fingerprint density at radius 2 is 1.85 bits per heavy atom. The molecule has 178 valence electrons. The number of aromatic amines is 1. The quantitative estimate of drug-likeness (QED) is 0.371. The zero-order valence-electron chi connectivity index (χ0n) is 18.1. The average Bonchev–Trinajstić information content (AvgIpc) is 3.31. The topological polar surface area (TPSA) is 133 Å². The van der Waals surface area contributed by atoms with Gasteiger partial charge < -0.3 is 35.3 Å². The first-order valence-corrected chi connectivity index (χ1v) is 10.7. The van der Waals surface area contributed by atoms with Gasteiger partial charge in [-0.1, -0.05) is 6.07 Å². The zero-order valence-corrected chi connectivity index (χ0v) is 18.1. The molecule has 9 nitrogen and oxygen atoms in total. The van der Waals surface area contributed by atoms with Crippen LogP contribution in [-0.4, -0.2) is 52.6 Å². The highest BCUT2D eigenvalue weighted by atomic mass is 16.7. The summed E-state index contributed by atoms with van der Waals surface area (Å²) in [4.78, 5) is 28.7. The SMILES string of the molecule is CC(CO)(CO)NC(=O)c1cc2cc(NC(=O)C3(c4ccc5c(c4)OCO5)CC3)ccc2[nH]1.[HH].[HH].[HH]. The fourth-order valence-corrected chi connectivity index (χ4v) is 4.02. The maximum absolute atomic E-state index is 13.2. The number of anilines is 1. The first-order valence-electron chi connectivity index (χ1n) is 10.7.